The number of benzene rings is 2. The van der Waals surface area contributed by atoms with Gasteiger partial charge in [-0.15, -0.1) is 5.10 Å². The van der Waals surface area contributed by atoms with Crippen LogP contribution in [-0.4, -0.2) is 64.9 Å². The van der Waals surface area contributed by atoms with E-state index in [1.807, 2.05) is 12.1 Å². The van der Waals surface area contributed by atoms with Crippen molar-refractivity contribution in [1.29, 1.82) is 0 Å². The van der Waals surface area contributed by atoms with Gasteiger partial charge in [-0.05, 0) is 62.9 Å². The Bertz CT molecular complexity index is 1340. The molecule has 0 radical (unpaired) electrons. The van der Waals surface area contributed by atoms with Crippen LogP contribution in [0.15, 0.2) is 79.0 Å². The van der Waals surface area contributed by atoms with Crippen molar-refractivity contribution in [1.82, 2.24) is 19.5 Å². The van der Waals surface area contributed by atoms with Gasteiger partial charge in [-0.2, -0.15) is 0 Å². The Kier molecular flexibility index (Phi) is 8.77. The number of imidazole rings is 1. The molecule has 40 heavy (non-hydrogen) atoms. The van der Waals surface area contributed by atoms with Gasteiger partial charge in [0.15, 0.2) is 5.65 Å². The number of nitrogens with one attached hydrogen (secondary N) is 1. The number of nitrogens with zero attached hydrogens (tertiary/aromatic N) is 4. The van der Waals surface area contributed by atoms with Gasteiger partial charge >= 0.3 is 5.97 Å². The van der Waals surface area contributed by atoms with Crippen LogP contribution in [0.25, 0.3) is 5.65 Å². The molecule has 1 saturated heterocycles. The van der Waals surface area contributed by atoms with Crippen molar-refractivity contribution in [3.05, 3.63) is 95.8 Å². The summed E-state index contributed by atoms with van der Waals surface area (Å²) in [5.74, 6) is 0.462. The van der Waals surface area contributed by atoms with Crippen LogP contribution in [0.2, 0.25) is 0 Å². The van der Waals surface area contributed by atoms with Crippen molar-refractivity contribution in [2.45, 2.75) is 50.7 Å². The molecule has 4 aromatic rings. The van der Waals surface area contributed by atoms with E-state index in [1.54, 1.807) is 24.6 Å². The Morgan fingerprint density at radius 2 is 1.65 bits per heavy atom. The van der Waals surface area contributed by atoms with Gasteiger partial charge in [0, 0.05) is 19.6 Å². The molecular weight excluding hydrogens is 502 g/mol. The number of likely N-dealkylation sites (tertiary alicyclic amines) is 1. The molecule has 0 spiro atoms. The molecule has 0 unspecified atom stereocenters. The van der Waals surface area contributed by atoms with Crippen molar-refractivity contribution in [3.63, 3.8) is 0 Å². The van der Waals surface area contributed by atoms with Crippen LogP contribution in [0.5, 0.6) is 0 Å². The second-order valence-corrected chi connectivity index (χ2v) is 10.9. The summed E-state index contributed by atoms with van der Waals surface area (Å²) in [5, 5.41) is 8.05. The monoisotopic (exact) mass is 541 g/mol. The highest BCUT2D eigenvalue weighted by atomic mass is 16.5. The third-order valence-corrected chi connectivity index (χ3v) is 7.68. The second kappa shape index (κ2) is 12.6. The molecule has 0 bridgehead atoms. The zero-order chi connectivity index (χ0) is 28.0. The molecule has 3 heterocycles. The van der Waals surface area contributed by atoms with Crippen LogP contribution in [0.1, 0.15) is 56.0 Å². The molecule has 0 atom stereocenters. The van der Waals surface area contributed by atoms with Crippen molar-refractivity contribution >= 4 is 17.4 Å². The standard InChI is InChI=1S/C32H39N5O3/c1-32(2,31(38)39-3)27-23-37-29(34-27)16-15-28(35-37)33-19-10-20-36-21-17-26(18-22-36)40-30(24-11-6-4-7-12-24)25-13-8-5-9-14-25/h4-9,11-16,23,26,30H,10,17-22H2,1-3H3,(H,33,35). The third kappa shape index (κ3) is 6.51. The molecular formula is C32H39N5O3. The lowest BCUT2D eigenvalue weighted by Crippen LogP contribution is -2.38. The summed E-state index contributed by atoms with van der Waals surface area (Å²) < 4.78 is 13.3. The minimum absolute atomic E-state index is 0.0360. The van der Waals surface area contributed by atoms with E-state index < -0.39 is 5.41 Å². The second-order valence-electron chi connectivity index (χ2n) is 10.9. The summed E-state index contributed by atoms with van der Waals surface area (Å²) in [5.41, 5.74) is 2.90. The number of hydrogen-bond donors (Lipinski definition) is 1. The number of rotatable bonds is 11. The first kappa shape index (κ1) is 27.8. The fraction of sp³-hybridized carbons (Fsp3) is 0.406. The maximum absolute atomic E-state index is 12.2. The molecule has 2 aromatic heterocycles. The highest BCUT2D eigenvalue weighted by Gasteiger charge is 2.33. The zero-order valence-electron chi connectivity index (χ0n) is 23.6. The topological polar surface area (TPSA) is 81.0 Å². The normalized spacial score (nSPS) is 15.0. The van der Waals surface area contributed by atoms with Crippen LogP contribution >= 0.6 is 0 Å². The molecule has 1 aliphatic heterocycles. The lowest BCUT2D eigenvalue weighted by atomic mass is 9.90. The summed E-state index contributed by atoms with van der Waals surface area (Å²) in [6, 6.07) is 24.9. The number of aromatic nitrogens is 3. The van der Waals surface area contributed by atoms with Gasteiger partial charge < -0.3 is 19.7 Å². The quantitative estimate of drug-likeness (QED) is 0.205. The predicted octanol–water partition coefficient (Wildman–Crippen LogP) is 5.25. The molecule has 8 nitrogen and oxygen atoms in total. The number of anilines is 1. The lowest BCUT2D eigenvalue weighted by Gasteiger charge is -2.34. The maximum atomic E-state index is 12.2. The van der Waals surface area contributed by atoms with Crippen molar-refractivity contribution < 1.29 is 14.3 Å². The number of hydrogen-bond acceptors (Lipinski definition) is 7. The first-order chi connectivity index (χ1) is 19.4. The van der Waals surface area contributed by atoms with Crippen molar-refractivity contribution in [2.24, 2.45) is 0 Å². The van der Waals surface area contributed by atoms with Gasteiger partial charge in [0.25, 0.3) is 0 Å². The molecule has 0 aliphatic carbocycles. The Morgan fingerprint density at radius 1 is 1.00 bits per heavy atom. The van der Waals surface area contributed by atoms with Crippen LogP contribution < -0.4 is 5.32 Å². The summed E-state index contributed by atoms with van der Waals surface area (Å²) in [4.78, 5) is 19.2. The summed E-state index contributed by atoms with van der Waals surface area (Å²) in [6.07, 6.45) is 5.10. The first-order valence-corrected chi connectivity index (χ1v) is 14.1. The van der Waals surface area contributed by atoms with E-state index in [1.165, 1.54) is 18.2 Å². The van der Waals surface area contributed by atoms with E-state index in [0.29, 0.717) is 11.3 Å². The predicted molar refractivity (Wildman–Crippen MR) is 156 cm³/mol. The zero-order valence-corrected chi connectivity index (χ0v) is 23.6. The first-order valence-electron chi connectivity index (χ1n) is 14.1. The van der Waals surface area contributed by atoms with Crippen LogP contribution in [0, 0.1) is 0 Å². The summed E-state index contributed by atoms with van der Waals surface area (Å²) in [6.45, 7) is 7.55. The number of carbonyl (C=O) groups excluding carboxylic acids is 1. The Labute approximate surface area is 236 Å². The Morgan fingerprint density at radius 3 is 2.27 bits per heavy atom. The van der Waals surface area contributed by atoms with Crippen LogP contribution in [-0.2, 0) is 19.7 Å². The average Bonchev–Trinajstić information content (AvgIpc) is 3.44. The molecule has 0 amide bonds. The fourth-order valence-electron chi connectivity index (χ4n) is 5.22. The largest absolute Gasteiger partial charge is 0.468 e. The number of fused-ring (bicyclic) bond motifs is 1. The van der Waals surface area contributed by atoms with Gasteiger partial charge in [-0.1, -0.05) is 60.7 Å². The Balaban J connectivity index is 1.08. The number of esters is 1. The molecule has 210 valence electrons. The van der Waals surface area contributed by atoms with Gasteiger partial charge in [0.1, 0.15) is 17.3 Å². The molecule has 8 heteroatoms. The summed E-state index contributed by atoms with van der Waals surface area (Å²) in [7, 11) is 1.39. The van der Waals surface area contributed by atoms with E-state index in [4.69, 9.17) is 9.47 Å². The maximum Gasteiger partial charge on any atom is 0.317 e. The van der Waals surface area contributed by atoms with Crippen molar-refractivity contribution in [2.75, 3.05) is 38.6 Å². The van der Waals surface area contributed by atoms with E-state index in [2.05, 4.69) is 81.0 Å². The Hall–Kier alpha value is -3.75. The SMILES string of the molecule is COC(=O)C(C)(C)c1cn2nc(NCCCN3CCC(OC(c4ccccc4)c4ccccc4)CC3)ccc2n1. The fourth-order valence-corrected chi connectivity index (χ4v) is 5.22. The third-order valence-electron chi connectivity index (χ3n) is 7.68. The van der Waals surface area contributed by atoms with E-state index in [9.17, 15) is 4.79 Å². The summed E-state index contributed by atoms with van der Waals surface area (Å²) >= 11 is 0. The molecule has 2 aromatic carbocycles. The number of piperidine rings is 1. The van der Waals surface area contributed by atoms with Crippen LogP contribution in [0.4, 0.5) is 5.82 Å². The highest BCUT2D eigenvalue weighted by Crippen LogP contribution is 2.30. The number of ether oxygens (including phenoxy) is 2. The van der Waals surface area contributed by atoms with Gasteiger partial charge in [-0.25, -0.2) is 9.50 Å². The number of methoxy groups -OCH3 is 1. The van der Waals surface area contributed by atoms with Gasteiger partial charge in [-0.3, -0.25) is 4.79 Å². The molecule has 1 N–H and O–H groups in total. The minimum Gasteiger partial charge on any atom is -0.468 e. The molecule has 5 rings (SSSR count). The van der Waals surface area contributed by atoms with E-state index >= 15 is 0 Å². The number of carbonyl (C=O) groups is 1. The molecule has 0 saturated carbocycles. The van der Waals surface area contributed by atoms with Crippen molar-refractivity contribution in [3.8, 4) is 0 Å². The van der Waals surface area contributed by atoms with Crippen LogP contribution in [0.3, 0.4) is 0 Å². The lowest BCUT2D eigenvalue weighted by molar-refractivity contribution is -0.146. The van der Waals surface area contributed by atoms with E-state index in [-0.39, 0.29) is 18.2 Å². The van der Waals surface area contributed by atoms with Gasteiger partial charge in [0.2, 0.25) is 0 Å². The average molecular weight is 542 g/mol. The van der Waals surface area contributed by atoms with E-state index in [0.717, 1.165) is 51.3 Å². The molecule has 1 fully saturated rings. The highest BCUT2D eigenvalue weighted by molar-refractivity contribution is 5.81. The smallest absolute Gasteiger partial charge is 0.317 e. The minimum atomic E-state index is -0.835. The molecule has 1 aliphatic rings. The van der Waals surface area contributed by atoms with Gasteiger partial charge in [0.05, 0.1) is 25.1 Å².